The first kappa shape index (κ1) is 21.0. The molecule has 8 heteroatoms. The van der Waals surface area contributed by atoms with Gasteiger partial charge in [0, 0.05) is 50.1 Å². The number of fused-ring (bicyclic) bond motifs is 2. The second-order valence-corrected chi connectivity index (χ2v) is 9.45. The molecule has 3 aromatic heterocycles. The molecule has 0 aliphatic carbocycles. The summed E-state index contributed by atoms with van der Waals surface area (Å²) in [5.41, 5.74) is 4.54. The number of rotatable bonds is 5. The van der Waals surface area contributed by atoms with E-state index in [0.29, 0.717) is 12.2 Å². The number of imidazole rings is 1. The fraction of sp³-hybridized carbons (Fsp3) is 0.417. The van der Waals surface area contributed by atoms with Gasteiger partial charge in [-0.2, -0.15) is 0 Å². The van der Waals surface area contributed by atoms with Crippen molar-refractivity contribution in [1.29, 1.82) is 0 Å². The highest BCUT2D eigenvalue weighted by molar-refractivity contribution is 7.15. The monoisotopic (exact) mass is 448 g/mol. The Hall–Kier alpha value is -2.84. The maximum atomic E-state index is 13.5. The molecule has 0 bridgehead atoms. The molecule has 1 aromatic carbocycles. The molecule has 5 rings (SSSR count). The molecule has 0 N–H and O–H groups in total. The van der Waals surface area contributed by atoms with Gasteiger partial charge in [0.05, 0.1) is 16.7 Å². The highest BCUT2D eigenvalue weighted by atomic mass is 32.1. The molecular formula is C24H28N6OS. The SMILES string of the molecule is CN(Cc1ccc2nccnc2c1)Cc1c(C(=O)N2CCCCCCC2)nc2sccn12. The number of amides is 1. The zero-order valence-corrected chi connectivity index (χ0v) is 19.2. The van der Waals surface area contributed by atoms with E-state index in [9.17, 15) is 4.79 Å². The van der Waals surface area contributed by atoms with Gasteiger partial charge in [0.1, 0.15) is 0 Å². The standard InChI is InChI=1S/C24H28N6OS/c1-28(16-18-7-8-19-20(15-18)26-10-9-25-19)17-21-22(27-24-30(21)13-14-32-24)23(31)29-11-5-3-2-4-6-12-29/h7-10,13-15H,2-6,11-12,16-17H2,1H3. The second-order valence-electron chi connectivity index (χ2n) is 8.57. The topological polar surface area (TPSA) is 66.6 Å². The summed E-state index contributed by atoms with van der Waals surface area (Å²) in [4.78, 5) is 32.1. The van der Waals surface area contributed by atoms with Crippen LogP contribution in [-0.2, 0) is 13.1 Å². The molecule has 1 fully saturated rings. The van der Waals surface area contributed by atoms with E-state index in [1.165, 1.54) is 24.8 Å². The average molecular weight is 449 g/mol. The number of carbonyl (C=O) groups is 1. The van der Waals surface area contributed by atoms with Crippen molar-refractivity contribution in [1.82, 2.24) is 29.2 Å². The van der Waals surface area contributed by atoms with Crippen LogP contribution in [0.25, 0.3) is 16.0 Å². The summed E-state index contributed by atoms with van der Waals surface area (Å²) in [7, 11) is 2.08. The lowest BCUT2D eigenvalue weighted by Crippen LogP contribution is -2.35. The van der Waals surface area contributed by atoms with E-state index in [1.807, 2.05) is 22.5 Å². The Morgan fingerprint density at radius 2 is 1.78 bits per heavy atom. The van der Waals surface area contributed by atoms with Crippen LogP contribution in [0.4, 0.5) is 0 Å². The molecule has 4 aromatic rings. The van der Waals surface area contributed by atoms with Crippen LogP contribution in [-0.4, -0.2) is 55.2 Å². The number of nitrogens with zero attached hydrogens (tertiary/aromatic N) is 6. The Balaban J connectivity index is 1.37. The summed E-state index contributed by atoms with van der Waals surface area (Å²) < 4.78 is 2.07. The van der Waals surface area contributed by atoms with Gasteiger partial charge in [-0.15, -0.1) is 11.3 Å². The summed E-state index contributed by atoms with van der Waals surface area (Å²) in [6.45, 7) is 3.06. The molecule has 166 valence electrons. The van der Waals surface area contributed by atoms with Gasteiger partial charge in [0.25, 0.3) is 5.91 Å². The number of carbonyl (C=O) groups excluding carboxylic acids is 1. The Bertz CT molecular complexity index is 1220. The maximum absolute atomic E-state index is 13.5. The first-order valence-electron chi connectivity index (χ1n) is 11.3. The van der Waals surface area contributed by atoms with Gasteiger partial charge in [0.2, 0.25) is 0 Å². The third kappa shape index (κ3) is 4.38. The Labute approximate surface area is 191 Å². The Kier molecular flexibility index (Phi) is 6.14. The van der Waals surface area contributed by atoms with Crippen LogP contribution in [0.1, 0.15) is 53.8 Å². The largest absolute Gasteiger partial charge is 0.337 e. The molecule has 32 heavy (non-hydrogen) atoms. The minimum Gasteiger partial charge on any atom is -0.337 e. The van der Waals surface area contributed by atoms with Crippen molar-refractivity contribution in [3.05, 3.63) is 59.1 Å². The van der Waals surface area contributed by atoms with Gasteiger partial charge < -0.3 is 4.90 Å². The molecule has 0 unspecified atom stereocenters. The molecule has 1 aliphatic rings. The Morgan fingerprint density at radius 1 is 1.03 bits per heavy atom. The van der Waals surface area contributed by atoms with E-state index in [1.54, 1.807) is 23.7 Å². The average Bonchev–Trinajstić information content (AvgIpc) is 3.36. The fourth-order valence-corrected chi connectivity index (χ4v) is 5.22. The highest BCUT2D eigenvalue weighted by Crippen LogP contribution is 2.22. The van der Waals surface area contributed by atoms with Gasteiger partial charge in [0.15, 0.2) is 10.7 Å². The maximum Gasteiger partial charge on any atom is 0.274 e. The first-order valence-corrected chi connectivity index (χ1v) is 12.2. The zero-order valence-electron chi connectivity index (χ0n) is 18.4. The number of likely N-dealkylation sites (tertiary alicyclic amines) is 1. The van der Waals surface area contributed by atoms with Gasteiger partial charge in [-0.1, -0.05) is 25.3 Å². The van der Waals surface area contributed by atoms with Crippen LogP contribution < -0.4 is 0 Å². The van der Waals surface area contributed by atoms with Gasteiger partial charge in [-0.3, -0.25) is 24.1 Å². The quantitative estimate of drug-likeness (QED) is 0.453. The zero-order chi connectivity index (χ0) is 21.9. The molecule has 1 saturated heterocycles. The number of benzene rings is 1. The van der Waals surface area contributed by atoms with Crippen molar-refractivity contribution in [2.45, 2.75) is 45.2 Å². The van der Waals surface area contributed by atoms with Crippen LogP contribution in [0.5, 0.6) is 0 Å². The van der Waals surface area contributed by atoms with E-state index >= 15 is 0 Å². The third-order valence-corrected chi connectivity index (χ3v) is 6.87. The van der Waals surface area contributed by atoms with Crippen molar-refractivity contribution in [2.24, 2.45) is 0 Å². The lowest BCUT2D eigenvalue weighted by atomic mass is 10.1. The molecule has 1 aliphatic heterocycles. The van der Waals surface area contributed by atoms with Crippen LogP contribution in [0.2, 0.25) is 0 Å². The lowest BCUT2D eigenvalue weighted by Gasteiger charge is -2.25. The third-order valence-electron chi connectivity index (χ3n) is 6.11. The van der Waals surface area contributed by atoms with E-state index in [2.05, 4.69) is 38.4 Å². The Morgan fingerprint density at radius 3 is 2.59 bits per heavy atom. The van der Waals surface area contributed by atoms with E-state index < -0.39 is 0 Å². The minimum absolute atomic E-state index is 0.0761. The summed E-state index contributed by atoms with van der Waals surface area (Å²) >= 11 is 1.57. The summed E-state index contributed by atoms with van der Waals surface area (Å²) in [6.07, 6.45) is 11.3. The minimum atomic E-state index is 0.0761. The lowest BCUT2D eigenvalue weighted by molar-refractivity contribution is 0.0735. The van der Waals surface area contributed by atoms with Gasteiger partial charge in [-0.25, -0.2) is 4.98 Å². The number of hydrogen-bond acceptors (Lipinski definition) is 6. The van der Waals surface area contributed by atoms with Crippen molar-refractivity contribution in [3.8, 4) is 0 Å². The van der Waals surface area contributed by atoms with Crippen molar-refractivity contribution >= 4 is 33.2 Å². The number of hydrogen-bond donors (Lipinski definition) is 0. The van der Waals surface area contributed by atoms with Crippen LogP contribution in [0, 0.1) is 0 Å². The molecule has 7 nitrogen and oxygen atoms in total. The van der Waals surface area contributed by atoms with E-state index in [4.69, 9.17) is 4.98 Å². The van der Waals surface area contributed by atoms with Crippen molar-refractivity contribution in [2.75, 3.05) is 20.1 Å². The van der Waals surface area contributed by atoms with Crippen LogP contribution in [0.3, 0.4) is 0 Å². The second kappa shape index (κ2) is 9.34. The number of thiazole rings is 1. The smallest absolute Gasteiger partial charge is 0.274 e. The van der Waals surface area contributed by atoms with Gasteiger partial charge in [-0.05, 0) is 37.6 Å². The molecule has 0 atom stereocenters. The normalized spacial score (nSPS) is 15.4. The summed E-state index contributed by atoms with van der Waals surface area (Å²) in [6, 6.07) is 6.19. The van der Waals surface area contributed by atoms with Crippen LogP contribution >= 0.6 is 11.3 Å². The van der Waals surface area contributed by atoms with Gasteiger partial charge >= 0.3 is 0 Å². The van der Waals surface area contributed by atoms with Crippen LogP contribution in [0.15, 0.2) is 42.2 Å². The molecule has 4 heterocycles. The first-order chi connectivity index (χ1) is 15.7. The number of aromatic nitrogens is 4. The van der Waals surface area contributed by atoms with E-state index in [0.717, 1.165) is 54.2 Å². The molecule has 1 amide bonds. The summed E-state index contributed by atoms with van der Waals surface area (Å²) in [5.74, 6) is 0.0761. The molecule has 0 radical (unpaired) electrons. The summed E-state index contributed by atoms with van der Waals surface area (Å²) in [5, 5.41) is 2.03. The van der Waals surface area contributed by atoms with Crippen molar-refractivity contribution < 1.29 is 4.79 Å². The predicted molar refractivity (Wildman–Crippen MR) is 127 cm³/mol. The highest BCUT2D eigenvalue weighted by Gasteiger charge is 2.25. The molecule has 0 spiro atoms. The van der Waals surface area contributed by atoms with E-state index in [-0.39, 0.29) is 5.91 Å². The predicted octanol–water partition coefficient (Wildman–Crippen LogP) is 4.38. The fourth-order valence-electron chi connectivity index (χ4n) is 4.49. The molecule has 0 saturated carbocycles. The molecular weight excluding hydrogens is 420 g/mol. The van der Waals surface area contributed by atoms with Crippen molar-refractivity contribution in [3.63, 3.8) is 0 Å².